The maximum absolute atomic E-state index is 12.1. The van der Waals surface area contributed by atoms with Crippen LogP contribution in [0.1, 0.15) is 26.7 Å². The Kier molecular flexibility index (Phi) is 6.65. The van der Waals surface area contributed by atoms with Crippen LogP contribution in [0.25, 0.3) is 0 Å². The first-order chi connectivity index (χ1) is 12.5. The molecule has 2 aliphatic rings. The molecule has 2 aliphatic heterocycles. The zero-order chi connectivity index (χ0) is 18.5. The second kappa shape index (κ2) is 8.96. The fraction of sp³-hybridized carbons (Fsp3) is 0.650. The minimum Gasteiger partial charge on any atom is -0.371 e. The minimum atomic E-state index is -0.0297. The predicted molar refractivity (Wildman–Crippen MR) is 108 cm³/mol. The van der Waals surface area contributed by atoms with Crippen LogP contribution in [0.15, 0.2) is 24.3 Å². The van der Waals surface area contributed by atoms with Gasteiger partial charge in [0.15, 0.2) is 0 Å². The van der Waals surface area contributed by atoms with E-state index in [-0.39, 0.29) is 6.03 Å². The summed E-state index contributed by atoms with van der Waals surface area (Å²) in [5, 5.41) is 6.87. The smallest absolute Gasteiger partial charge is 0.314 e. The lowest BCUT2D eigenvalue weighted by Gasteiger charge is -2.20. The fourth-order valence-corrected chi connectivity index (χ4v) is 4.05. The number of urea groups is 1. The summed E-state index contributed by atoms with van der Waals surface area (Å²) in [6, 6.07) is 8.55. The average molecular weight is 379 g/mol. The van der Waals surface area contributed by atoms with Gasteiger partial charge in [0.25, 0.3) is 0 Å². The van der Waals surface area contributed by atoms with Crippen LogP contribution in [0.4, 0.5) is 10.5 Å². The number of amides is 2. The molecule has 0 aromatic heterocycles. The molecule has 2 atom stereocenters. The number of carbonyl (C=O) groups excluding carboxylic acids is 1. The molecule has 144 valence electrons. The molecule has 2 amide bonds. The lowest BCUT2D eigenvalue weighted by Crippen LogP contribution is -2.41. The van der Waals surface area contributed by atoms with Gasteiger partial charge in [0.05, 0.1) is 0 Å². The number of nitrogens with zero attached hydrogens (tertiary/aromatic N) is 2. The molecule has 5 nitrogen and oxygen atoms in total. The Morgan fingerprint density at radius 2 is 1.69 bits per heavy atom. The molecule has 0 saturated carbocycles. The van der Waals surface area contributed by atoms with Crippen molar-refractivity contribution in [2.75, 3.05) is 44.2 Å². The summed E-state index contributed by atoms with van der Waals surface area (Å²) in [6.45, 7) is 10.2. The van der Waals surface area contributed by atoms with Crippen molar-refractivity contribution in [3.8, 4) is 0 Å². The molecule has 2 heterocycles. The normalized spacial score (nSPS) is 23.6. The van der Waals surface area contributed by atoms with E-state index < -0.39 is 0 Å². The van der Waals surface area contributed by atoms with E-state index >= 15 is 0 Å². The van der Waals surface area contributed by atoms with Crippen molar-refractivity contribution in [2.45, 2.75) is 32.7 Å². The van der Waals surface area contributed by atoms with Crippen molar-refractivity contribution < 1.29 is 4.79 Å². The molecule has 2 saturated heterocycles. The highest BCUT2D eigenvalue weighted by Crippen LogP contribution is 2.24. The molecule has 0 bridgehead atoms. The average Bonchev–Trinajstić information content (AvgIpc) is 3.28. The standard InChI is InChI=1S/C20H31ClN4O/c1-15(2)24-9-7-16(13-24)11-22-20(26)23-12-17-8-10-25(14-17)19-5-3-18(21)4-6-19/h3-6,15-17H,7-14H2,1-2H3,(H2,22,23,26). The molecular formula is C20H31ClN4O. The van der Waals surface area contributed by atoms with Crippen LogP contribution in [0.5, 0.6) is 0 Å². The van der Waals surface area contributed by atoms with Crippen molar-refractivity contribution >= 4 is 23.3 Å². The second-order valence-corrected chi connectivity index (χ2v) is 8.35. The van der Waals surface area contributed by atoms with Gasteiger partial charge in [-0.15, -0.1) is 0 Å². The quantitative estimate of drug-likeness (QED) is 0.799. The summed E-state index contributed by atoms with van der Waals surface area (Å²) in [5.41, 5.74) is 1.21. The van der Waals surface area contributed by atoms with E-state index in [9.17, 15) is 4.79 Å². The topological polar surface area (TPSA) is 47.6 Å². The van der Waals surface area contributed by atoms with Crippen LogP contribution in [0.3, 0.4) is 0 Å². The van der Waals surface area contributed by atoms with E-state index in [2.05, 4.69) is 46.4 Å². The molecule has 2 unspecified atom stereocenters. The van der Waals surface area contributed by atoms with Crippen molar-refractivity contribution in [1.82, 2.24) is 15.5 Å². The molecule has 6 heteroatoms. The van der Waals surface area contributed by atoms with Crippen molar-refractivity contribution in [3.05, 3.63) is 29.3 Å². The number of likely N-dealkylation sites (tertiary alicyclic amines) is 1. The number of halogens is 1. The monoisotopic (exact) mass is 378 g/mol. The predicted octanol–water partition coefficient (Wildman–Crippen LogP) is 3.20. The molecule has 2 N–H and O–H groups in total. The molecule has 0 aliphatic carbocycles. The second-order valence-electron chi connectivity index (χ2n) is 7.91. The molecule has 1 aromatic carbocycles. The number of carbonyl (C=O) groups is 1. The SMILES string of the molecule is CC(C)N1CCC(CNC(=O)NCC2CCN(c3ccc(Cl)cc3)C2)C1. The van der Waals surface area contributed by atoms with Crippen molar-refractivity contribution in [1.29, 1.82) is 0 Å². The molecular weight excluding hydrogens is 348 g/mol. The van der Waals surface area contributed by atoms with Crippen molar-refractivity contribution in [3.63, 3.8) is 0 Å². The van der Waals surface area contributed by atoms with Gasteiger partial charge in [-0.1, -0.05) is 11.6 Å². The van der Waals surface area contributed by atoms with Crippen LogP contribution in [-0.2, 0) is 0 Å². The Bertz CT molecular complexity index is 592. The maximum Gasteiger partial charge on any atom is 0.314 e. The summed E-state index contributed by atoms with van der Waals surface area (Å²) in [4.78, 5) is 16.9. The Morgan fingerprint density at radius 3 is 2.31 bits per heavy atom. The van der Waals surface area contributed by atoms with E-state index in [0.29, 0.717) is 17.9 Å². The van der Waals surface area contributed by atoms with Gasteiger partial charge in [-0.3, -0.25) is 0 Å². The van der Waals surface area contributed by atoms with Gasteiger partial charge >= 0.3 is 6.03 Å². The first-order valence-corrected chi connectivity index (χ1v) is 10.2. The van der Waals surface area contributed by atoms with E-state index in [1.807, 2.05) is 12.1 Å². The number of nitrogens with one attached hydrogen (secondary N) is 2. The zero-order valence-electron chi connectivity index (χ0n) is 15.9. The highest BCUT2D eigenvalue weighted by atomic mass is 35.5. The number of hydrogen-bond acceptors (Lipinski definition) is 3. The number of anilines is 1. The highest BCUT2D eigenvalue weighted by Gasteiger charge is 2.25. The van der Waals surface area contributed by atoms with Crippen LogP contribution < -0.4 is 15.5 Å². The largest absolute Gasteiger partial charge is 0.371 e. The van der Waals surface area contributed by atoms with Crippen LogP contribution in [0, 0.1) is 11.8 Å². The van der Waals surface area contributed by atoms with Gasteiger partial charge in [-0.05, 0) is 69.3 Å². The summed E-state index contributed by atoms with van der Waals surface area (Å²) in [5.74, 6) is 1.08. The fourth-order valence-electron chi connectivity index (χ4n) is 3.92. The summed E-state index contributed by atoms with van der Waals surface area (Å²) >= 11 is 5.96. The first-order valence-electron chi connectivity index (χ1n) is 9.77. The van der Waals surface area contributed by atoms with Gasteiger partial charge < -0.3 is 20.4 Å². The zero-order valence-corrected chi connectivity index (χ0v) is 16.6. The van der Waals surface area contributed by atoms with Gasteiger partial charge in [0.2, 0.25) is 0 Å². The Hall–Kier alpha value is -1.46. The maximum atomic E-state index is 12.1. The van der Waals surface area contributed by atoms with Crippen LogP contribution in [-0.4, -0.2) is 56.2 Å². The summed E-state index contributed by atoms with van der Waals surface area (Å²) in [7, 11) is 0. The van der Waals surface area contributed by atoms with Gasteiger partial charge in [-0.2, -0.15) is 0 Å². The van der Waals surface area contributed by atoms with Gasteiger partial charge in [0, 0.05) is 49.5 Å². The van der Waals surface area contributed by atoms with E-state index in [1.54, 1.807) is 0 Å². The van der Waals surface area contributed by atoms with Gasteiger partial charge in [0.1, 0.15) is 0 Å². The Balaban J connectivity index is 1.33. The first kappa shape index (κ1) is 19.3. The summed E-state index contributed by atoms with van der Waals surface area (Å²) in [6.07, 6.45) is 2.28. The Morgan fingerprint density at radius 1 is 1.08 bits per heavy atom. The molecule has 0 spiro atoms. The number of benzene rings is 1. The molecule has 1 aromatic rings. The van der Waals surface area contributed by atoms with Crippen LogP contribution in [0.2, 0.25) is 5.02 Å². The molecule has 0 radical (unpaired) electrons. The third-order valence-electron chi connectivity index (χ3n) is 5.63. The molecule has 3 rings (SSSR count). The third-order valence-corrected chi connectivity index (χ3v) is 5.88. The minimum absolute atomic E-state index is 0.0297. The van der Waals surface area contributed by atoms with Gasteiger partial charge in [-0.25, -0.2) is 4.79 Å². The summed E-state index contributed by atoms with van der Waals surface area (Å²) < 4.78 is 0. The lowest BCUT2D eigenvalue weighted by atomic mass is 10.1. The van der Waals surface area contributed by atoms with E-state index in [0.717, 1.165) is 50.7 Å². The van der Waals surface area contributed by atoms with Crippen LogP contribution >= 0.6 is 11.6 Å². The number of hydrogen-bond donors (Lipinski definition) is 2. The third kappa shape index (κ3) is 5.27. The number of rotatable bonds is 6. The van der Waals surface area contributed by atoms with Crippen molar-refractivity contribution in [2.24, 2.45) is 11.8 Å². The molecule has 26 heavy (non-hydrogen) atoms. The van der Waals surface area contributed by atoms with E-state index in [4.69, 9.17) is 11.6 Å². The lowest BCUT2D eigenvalue weighted by molar-refractivity contribution is 0.235. The van der Waals surface area contributed by atoms with E-state index in [1.165, 1.54) is 12.1 Å². The Labute approximate surface area is 162 Å². The molecule has 2 fully saturated rings. The highest BCUT2D eigenvalue weighted by molar-refractivity contribution is 6.30.